The zero-order valence-electron chi connectivity index (χ0n) is 12.5. The molecule has 0 amide bonds. The van der Waals surface area contributed by atoms with Crippen molar-refractivity contribution in [2.45, 2.75) is 18.9 Å². The number of hydrogen-bond acceptors (Lipinski definition) is 3. The number of ether oxygens (including phenoxy) is 2. The third kappa shape index (κ3) is 2.88. The molecule has 3 rings (SSSR count). The molecule has 0 fully saturated rings. The Morgan fingerprint density at radius 3 is 2.33 bits per heavy atom. The molecule has 2 aromatic rings. The van der Waals surface area contributed by atoms with E-state index in [4.69, 9.17) is 9.47 Å². The van der Waals surface area contributed by atoms with E-state index in [1.807, 2.05) is 13.1 Å². The normalized spacial score (nSPS) is 16.3. The molecule has 0 bridgehead atoms. The van der Waals surface area contributed by atoms with Crippen molar-refractivity contribution in [2.24, 2.45) is 0 Å². The lowest BCUT2D eigenvalue weighted by atomic mass is 9.88. The molecule has 3 nitrogen and oxygen atoms in total. The summed E-state index contributed by atoms with van der Waals surface area (Å²) in [5.41, 5.74) is 2.55. The Morgan fingerprint density at radius 2 is 1.62 bits per heavy atom. The molecule has 1 aliphatic heterocycles. The van der Waals surface area contributed by atoms with E-state index in [0.29, 0.717) is 19.1 Å². The van der Waals surface area contributed by atoms with Crippen molar-refractivity contribution in [1.82, 2.24) is 5.32 Å². The summed E-state index contributed by atoms with van der Waals surface area (Å²) in [5, 5.41) is 3.43. The zero-order valence-corrected chi connectivity index (χ0v) is 12.5. The van der Waals surface area contributed by atoms with Crippen molar-refractivity contribution < 1.29 is 9.47 Å². The fourth-order valence-electron chi connectivity index (χ4n) is 2.91. The van der Waals surface area contributed by atoms with Gasteiger partial charge in [-0.05, 0) is 30.3 Å². The molecule has 2 unspecified atom stereocenters. The summed E-state index contributed by atoms with van der Waals surface area (Å²) >= 11 is 0. The van der Waals surface area contributed by atoms with E-state index in [-0.39, 0.29) is 6.04 Å². The van der Waals surface area contributed by atoms with Crippen LogP contribution >= 0.6 is 0 Å². The highest BCUT2D eigenvalue weighted by Gasteiger charge is 2.21. The number of likely N-dealkylation sites (N-methyl/N-ethyl adjacent to an activating group) is 1. The van der Waals surface area contributed by atoms with Crippen molar-refractivity contribution in [1.29, 1.82) is 0 Å². The Morgan fingerprint density at radius 1 is 0.905 bits per heavy atom. The van der Waals surface area contributed by atoms with E-state index in [9.17, 15) is 0 Å². The van der Waals surface area contributed by atoms with Gasteiger partial charge in [0, 0.05) is 12.0 Å². The average molecular weight is 283 g/mol. The highest BCUT2D eigenvalue weighted by molar-refractivity contribution is 5.45. The van der Waals surface area contributed by atoms with Crippen LogP contribution in [0.25, 0.3) is 0 Å². The van der Waals surface area contributed by atoms with Crippen molar-refractivity contribution in [3.05, 3.63) is 59.7 Å². The van der Waals surface area contributed by atoms with Crippen molar-refractivity contribution in [3.63, 3.8) is 0 Å². The van der Waals surface area contributed by atoms with Crippen LogP contribution in [0.5, 0.6) is 11.5 Å². The largest absolute Gasteiger partial charge is 0.486 e. The smallest absolute Gasteiger partial charge is 0.161 e. The van der Waals surface area contributed by atoms with Crippen LogP contribution in [0.1, 0.15) is 30.0 Å². The number of nitrogens with one attached hydrogen (secondary N) is 1. The van der Waals surface area contributed by atoms with E-state index < -0.39 is 0 Å². The minimum absolute atomic E-state index is 0.239. The Labute approximate surface area is 125 Å². The van der Waals surface area contributed by atoms with Gasteiger partial charge in [-0.1, -0.05) is 43.3 Å². The summed E-state index contributed by atoms with van der Waals surface area (Å²) in [6.07, 6.45) is 0. The van der Waals surface area contributed by atoms with Crippen LogP contribution in [0.15, 0.2) is 48.5 Å². The number of benzene rings is 2. The predicted octanol–water partition coefficient (Wildman–Crippen LogP) is 3.52. The Bertz CT molecular complexity index is 597. The highest BCUT2D eigenvalue weighted by atomic mass is 16.6. The molecule has 1 aliphatic rings. The third-order valence-electron chi connectivity index (χ3n) is 4.06. The molecule has 2 atom stereocenters. The summed E-state index contributed by atoms with van der Waals surface area (Å²) in [6, 6.07) is 17.0. The molecule has 0 radical (unpaired) electrons. The van der Waals surface area contributed by atoms with Crippen molar-refractivity contribution in [2.75, 3.05) is 20.3 Å². The van der Waals surface area contributed by atoms with Gasteiger partial charge >= 0.3 is 0 Å². The van der Waals surface area contributed by atoms with Gasteiger partial charge in [0.05, 0.1) is 0 Å². The van der Waals surface area contributed by atoms with Gasteiger partial charge in [-0.3, -0.25) is 0 Å². The molecule has 2 aromatic carbocycles. The van der Waals surface area contributed by atoms with Crippen LogP contribution < -0.4 is 14.8 Å². The number of rotatable bonds is 4. The van der Waals surface area contributed by atoms with E-state index in [1.165, 1.54) is 11.1 Å². The van der Waals surface area contributed by atoms with E-state index >= 15 is 0 Å². The van der Waals surface area contributed by atoms with Gasteiger partial charge in [0.25, 0.3) is 0 Å². The molecule has 1 N–H and O–H groups in total. The molecule has 0 spiro atoms. The average Bonchev–Trinajstić information content (AvgIpc) is 2.56. The highest BCUT2D eigenvalue weighted by Crippen LogP contribution is 2.36. The quantitative estimate of drug-likeness (QED) is 0.931. The van der Waals surface area contributed by atoms with Crippen LogP contribution in [-0.2, 0) is 0 Å². The molecule has 110 valence electrons. The second kappa shape index (κ2) is 6.19. The lowest BCUT2D eigenvalue weighted by Crippen LogP contribution is -2.23. The first kappa shape index (κ1) is 14.0. The van der Waals surface area contributed by atoms with Gasteiger partial charge in [-0.15, -0.1) is 0 Å². The second-order valence-electron chi connectivity index (χ2n) is 5.37. The minimum Gasteiger partial charge on any atom is -0.486 e. The number of hydrogen-bond donors (Lipinski definition) is 1. The molecule has 1 heterocycles. The topological polar surface area (TPSA) is 30.5 Å². The van der Waals surface area contributed by atoms with Gasteiger partial charge in [0.1, 0.15) is 13.2 Å². The SMILES string of the molecule is CNC(c1ccc2c(c1)OCCO2)C(C)c1ccccc1. The maximum Gasteiger partial charge on any atom is 0.161 e. The van der Waals surface area contributed by atoms with Crippen LogP contribution in [0.3, 0.4) is 0 Å². The van der Waals surface area contributed by atoms with Gasteiger partial charge in [-0.2, -0.15) is 0 Å². The molecule has 0 saturated carbocycles. The number of fused-ring (bicyclic) bond motifs is 1. The fourth-order valence-corrected chi connectivity index (χ4v) is 2.91. The maximum absolute atomic E-state index is 5.69. The van der Waals surface area contributed by atoms with Gasteiger partial charge < -0.3 is 14.8 Å². The fraction of sp³-hybridized carbons (Fsp3) is 0.333. The molecule has 0 saturated heterocycles. The summed E-state index contributed by atoms with van der Waals surface area (Å²) in [5.74, 6) is 2.06. The summed E-state index contributed by atoms with van der Waals surface area (Å²) in [4.78, 5) is 0. The van der Waals surface area contributed by atoms with Crippen molar-refractivity contribution in [3.8, 4) is 11.5 Å². The molecule has 3 heteroatoms. The third-order valence-corrected chi connectivity index (χ3v) is 4.06. The van der Waals surface area contributed by atoms with Crippen LogP contribution in [0.2, 0.25) is 0 Å². The standard InChI is InChI=1S/C18H21NO2/c1-13(14-6-4-3-5-7-14)18(19-2)15-8-9-16-17(12-15)21-11-10-20-16/h3-9,12-13,18-19H,10-11H2,1-2H3. The molecule has 21 heavy (non-hydrogen) atoms. The van der Waals surface area contributed by atoms with Crippen molar-refractivity contribution >= 4 is 0 Å². The van der Waals surface area contributed by atoms with E-state index in [2.05, 4.69) is 54.7 Å². The molecular formula is C18H21NO2. The Hall–Kier alpha value is -2.00. The van der Waals surface area contributed by atoms with Gasteiger partial charge in [0.2, 0.25) is 0 Å². The Balaban J connectivity index is 1.89. The lowest BCUT2D eigenvalue weighted by molar-refractivity contribution is 0.171. The van der Waals surface area contributed by atoms with Crippen LogP contribution in [-0.4, -0.2) is 20.3 Å². The van der Waals surface area contributed by atoms with Gasteiger partial charge in [0.15, 0.2) is 11.5 Å². The first-order valence-electron chi connectivity index (χ1n) is 7.41. The lowest BCUT2D eigenvalue weighted by Gasteiger charge is -2.26. The first-order valence-corrected chi connectivity index (χ1v) is 7.41. The molecular weight excluding hydrogens is 262 g/mol. The Kier molecular flexibility index (Phi) is 4.11. The molecule has 0 aliphatic carbocycles. The minimum atomic E-state index is 0.239. The van der Waals surface area contributed by atoms with E-state index in [0.717, 1.165) is 11.5 Å². The first-order chi connectivity index (χ1) is 10.3. The van der Waals surface area contributed by atoms with Crippen LogP contribution in [0.4, 0.5) is 0 Å². The van der Waals surface area contributed by atoms with Gasteiger partial charge in [-0.25, -0.2) is 0 Å². The van der Waals surface area contributed by atoms with Crippen LogP contribution in [0, 0.1) is 0 Å². The van der Waals surface area contributed by atoms with E-state index in [1.54, 1.807) is 0 Å². The second-order valence-corrected chi connectivity index (χ2v) is 5.37. The maximum atomic E-state index is 5.69. The monoisotopic (exact) mass is 283 g/mol. The summed E-state index contributed by atoms with van der Waals surface area (Å²) in [6.45, 7) is 3.49. The zero-order chi connectivity index (χ0) is 14.7. The predicted molar refractivity (Wildman–Crippen MR) is 84.1 cm³/mol. The molecule has 0 aromatic heterocycles. The summed E-state index contributed by atoms with van der Waals surface area (Å²) in [7, 11) is 2.00. The summed E-state index contributed by atoms with van der Waals surface area (Å²) < 4.78 is 11.3.